The molecule has 35 heavy (non-hydrogen) atoms. The molecule has 0 aliphatic carbocycles. The van der Waals surface area contributed by atoms with Gasteiger partial charge in [-0.2, -0.15) is 0 Å². The van der Waals surface area contributed by atoms with Gasteiger partial charge in [-0.1, -0.05) is 46.3 Å². The van der Waals surface area contributed by atoms with E-state index in [1.165, 1.54) is 5.56 Å². The molecule has 2 aromatic heterocycles. The minimum absolute atomic E-state index is 0.0906. The van der Waals surface area contributed by atoms with Crippen molar-refractivity contribution in [3.63, 3.8) is 0 Å². The molecule has 0 radical (unpaired) electrons. The molecule has 7 heteroatoms. The van der Waals surface area contributed by atoms with Crippen LogP contribution in [0.4, 0.5) is 5.69 Å². The van der Waals surface area contributed by atoms with Gasteiger partial charge in [0.2, 0.25) is 0 Å². The largest absolute Gasteiger partial charge is 0.459 e. The molecule has 2 atom stereocenters. The minimum Gasteiger partial charge on any atom is -0.459 e. The van der Waals surface area contributed by atoms with Crippen LogP contribution < -0.4 is 10.6 Å². The molecule has 1 saturated heterocycles. The van der Waals surface area contributed by atoms with Crippen molar-refractivity contribution < 1.29 is 4.42 Å². The smallest absolute Gasteiger partial charge is 0.170 e. The molecule has 2 aromatic carbocycles. The monoisotopic (exact) mass is 546 g/mol. The lowest BCUT2D eigenvalue weighted by Gasteiger charge is -2.26. The Morgan fingerprint density at radius 3 is 2.66 bits per heavy atom. The number of para-hydroxylation sites is 1. The van der Waals surface area contributed by atoms with E-state index in [1.54, 1.807) is 0 Å². The van der Waals surface area contributed by atoms with E-state index in [0.717, 1.165) is 57.6 Å². The highest BCUT2D eigenvalue weighted by molar-refractivity contribution is 9.10. The summed E-state index contributed by atoms with van der Waals surface area (Å²) in [7, 11) is 0. The van der Waals surface area contributed by atoms with Crippen LogP contribution in [-0.4, -0.2) is 28.1 Å². The molecule has 1 aliphatic heterocycles. The number of furan rings is 1. The highest BCUT2D eigenvalue weighted by atomic mass is 79.9. The van der Waals surface area contributed by atoms with E-state index >= 15 is 0 Å². The Morgan fingerprint density at radius 1 is 1.06 bits per heavy atom. The predicted octanol–water partition coefficient (Wildman–Crippen LogP) is 6.89. The van der Waals surface area contributed by atoms with Gasteiger partial charge < -0.3 is 20.0 Å². The summed E-state index contributed by atoms with van der Waals surface area (Å²) in [6, 6.07) is 26.4. The number of aromatic nitrogens is 1. The maximum Gasteiger partial charge on any atom is 0.170 e. The fraction of sp³-hybridized carbons (Fsp3) is 0.214. The number of nitrogens with zero attached hydrogens (tertiary/aromatic N) is 2. The molecule has 4 aromatic rings. The van der Waals surface area contributed by atoms with E-state index in [-0.39, 0.29) is 12.1 Å². The number of nitrogens with one attached hydrogen (secondary N) is 2. The molecular weight excluding hydrogens is 520 g/mol. The SMILES string of the molecule is Cc1ccc(-c2ccc(C3C(c4ccccn4)NC(=S)N3CCCNc3ccccc3)o2)c(Br)c1. The number of thiocarbonyl (C=S) groups is 1. The van der Waals surface area contributed by atoms with Crippen LogP contribution in [0.5, 0.6) is 0 Å². The average Bonchev–Trinajstić information content (AvgIpc) is 3.47. The summed E-state index contributed by atoms with van der Waals surface area (Å²) in [5.41, 5.74) is 4.29. The molecule has 0 saturated carbocycles. The van der Waals surface area contributed by atoms with E-state index in [0.29, 0.717) is 0 Å². The molecule has 0 bridgehead atoms. The third kappa shape index (κ3) is 5.26. The van der Waals surface area contributed by atoms with Gasteiger partial charge in [-0.25, -0.2) is 0 Å². The maximum absolute atomic E-state index is 6.47. The molecule has 2 N–H and O–H groups in total. The fourth-order valence-corrected chi connectivity index (χ4v) is 5.49. The standard InChI is InChI=1S/C28H27BrN4OS/c1-19-11-12-21(22(29)18-19)24-13-14-25(34-24)27-26(23-10-5-6-15-31-23)32-28(35)33(27)17-7-16-30-20-8-3-2-4-9-20/h2-6,8-15,18,26-27,30H,7,16-17H2,1H3,(H,32,35). The number of halogens is 1. The lowest BCUT2D eigenvalue weighted by molar-refractivity contribution is 0.274. The molecule has 1 aliphatic rings. The molecule has 178 valence electrons. The van der Waals surface area contributed by atoms with Gasteiger partial charge in [0, 0.05) is 35.0 Å². The molecule has 1 fully saturated rings. The van der Waals surface area contributed by atoms with Crippen LogP contribution in [-0.2, 0) is 0 Å². The van der Waals surface area contributed by atoms with Crippen molar-refractivity contribution in [2.75, 3.05) is 18.4 Å². The molecule has 5 rings (SSSR count). The van der Waals surface area contributed by atoms with Crippen molar-refractivity contribution in [1.29, 1.82) is 0 Å². The van der Waals surface area contributed by atoms with E-state index in [4.69, 9.17) is 16.6 Å². The first-order valence-electron chi connectivity index (χ1n) is 11.7. The zero-order chi connectivity index (χ0) is 24.2. The summed E-state index contributed by atoms with van der Waals surface area (Å²) in [5, 5.41) is 7.71. The quantitative estimate of drug-likeness (QED) is 0.185. The van der Waals surface area contributed by atoms with Gasteiger partial charge in [0.15, 0.2) is 5.11 Å². The zero-order valence-electron chi connectivity index (χ0n) is 19.4. The van der Waals surface area contributed by atoms with Crippen LogP contribution in [0.15, 0.2) is 93.9 Å². The van der Waals surface area contributed by atoms with Crippen molar-refractivity contribution in [2.24, 2.45) is 0 Å². The lowest BCUT2D eigenvalue weighted by atomic mass is 10.0. The Bertz CT molecular complexity index is 1290. The number of aryl methyl sites for hydroxylation is 1. The van der Waals surface area contributed by atoms with Crippen LogP contribution in [0.25, 0.3) is 11.3 Å². The topological polar surface area (TPSA) is 53.3 Å². The second-order valence-corrected chi connectivity index (χ2v) is 9.89. The third-order valence-electron chi connectivity index (χ3n) is 6.18. The van der Waals surface area contributed by atoms with Crippen molar-refractivity contribution in [2.45, 2.75) is 25.4 Å². The number of anilines is 1. The number of pyridine rings is 1. The molecule has 5 nitrogen and oxygen atoms in total. The van der Waals surface area contributed by atoms with Gasteiger partial charge >= 0.3 is 0 Å². The van der Waals surface area contributed by atoms with Crippen molar-refractivity contribution in [3.8, 4) is 11.3 Å². The first kappa shape index (κ1) is 23.6. The highest BCUT2D eigenvalue weighted by Crippen LogP contribution is 2.41. The normalized spacial score (nSPS) is 17.4. The van der Waals surface area contributed by atoms with Crippen LogP contribution >= 0.6 is 28.1 Å². The molecule has 0 amide bonds. The van der Waals surface area contributed by atoms with Crippen molar-refractivity contribution in [3.05, 3.63) is 107 Å². The Kier molecular flexibility index (Phi) is 7.16. The lowest BCUT2D eigenvalue weighted by Crippen LogP contribution is -2.31. The number of hydrogen-bond donors (Lipinski definition) is 2. The number of benzene rings is 2. The Balaban J connectivity index is 1.39. The van der Waals surface area contributed by atoms with Gasteiger partial charge in [0.25, 0.3) is 0 Å². The van der Waals surface area contributed by atoms with Gasteiger partial charge in [-0.15, -0.1) is 0 Å². The second-order valence-electron chi connectivity index (χ2n) is 8.65. The van der Waals surface area contributed by atoms with Gasteiger partial charge in [0.1, 0.15) is 17.6 Å². The summed E-state index contributed by atoms with van der Waals surface area (Å²) >= 11 is 9.48. The highest BCUT2D eigenvalue weighted by Gasteiger charge is 2.41. The average molecular weight is 548 g/mol. The van der Waals surface area contributed by atoms with Gasteiger partial charge in [-0.3, -0.25) is 4.98 Å². The Morgan fingerprint density at radius 2 is 1.89 bits per heavy atom. The molecule has 3 heterocycles. The molecule has 0 spiro atoms. The summed E-state index contributed by atoms with van der Waals surface area (Å²) in [5.74, 6) is 1.70. The third-order valence-corrected chi connectivity index (χ3v) is 7.19. The molecular formula is C28H27BrN4OS. The van der Waals surface area contributed by atoms with E-state index in [2.05, 4.69) is 79.8 Å². The van der Waals surface area contributed by atoms with Crippen LogP contribution in [0.2, 0.25) is 0 Å². The second kappa shape index (κ2) is 10.6. The Hall–Kier alpha value is -3.16. The first-order valence-corrected chi connectivity index (χ1v) is 12.9. The van der Waals surface area contributed by atoms with Gasteiger partial charge in [-0.05, 0) is 79.7 Å². The summed E-state index contributed by atoms with van der Waals surface area (Å²) in [6.45, 7) is 3.73. The zero-order valence-corrected chi connectivity index (χ0v) is 21.9. The van der Waals surface area contributed by atoms with Gasteiger partial charge in [0.05, 0.1) is 11.7 Å². The number of rotatable bonds is 8. The Labute approximate surface area is 219 Å². The van der Waals surface area contributed by atoms with E-state index in [9.17, 15) is 0 Å². The molecule has 2 unspecified atom stereocenters. The van der Waals surface area contributed by atoms with Crippen molar-refractivity contribution >= 4 is 38.9 Å². The number of hydrogen-bond acceptors (Lipinski definition) is 4. The van der Waals surface area contributed by atoms with Crippen LogP contribution in [0.1, 0.15) is 35.5 Å². The van der Waals surface area contributed by atoms with Crippen molar-refractivity contribution in [1.82, 2.24) is 15.2 Å². The summed E-state index contributed by atoms with van der Waals surface area (Å²) in [6.07, 6.45) is 2.75. The summed E-state index contributed by atoms with van der Waals surface area (Å²) < 4.78 is 7.48. The van der Waals surface area contributed by atoms with Crippen LogP contribution in [0.3, 0.4) is 0 Å². The predicted molar refractivity (Wildman–Crippen MR) is 148 cm³/mol. The first-order chi connectivity index (χ1) is 17.1. The van der Waals surface area contributed by atoms with E-state index < -0.39 is 0 Å². The van der Waals surface area contributed by atoms with Crippen LogP contribution in [0, 0.1) is 6.92 Å². The minimum atomic E-state index is -0.0914. The van der Waals surface area contributed by atoms with E-state index in [1.807, 2.05) is 48.7 Å². The fourth-order valence-electron chi connectivity index (χ4n) is 4.47. The maximum atomic E-state index is 6.47. The summed E-state index contributed by atoms with van der Waals surface area (Å²) in [4.78, 5) is 6.85.